The summed E-state index contributed by atoms with van der Waals surface area (Å²) < 4.78 is 15.9. The second-order valence-electron chi connectivity index (χ2n) is 5.64. The van der Waals surface area contributed by atoms with Crippen LogP contribution in [0.2, 0.25) is 0 Å². The maximum Gasteiger partial charge on any atom is 0.258 e. The van der Waals surface area contributed by atoms with E-state index < -0.39 is 11.7 Å². The lowest BCUT2D eigenvalue weighted by atomic mass is 10.2. The number of hydrogen-bond acceptors (Lipinski definition) is 4. The molecule has 1 aliphatic heterocycles. The normalized spacial score (nSPS) is 21.3. The number of carbonyl (C=O) groups is 1. The molecule has 1 aromatic carbocycles. The molecule has 1 heterocycles. The van der Waals surface area contributed by atoms with Crippen LogP contribution in [0.1, 0.15) is 17.3 Å². The Morgan fingerprint density at radius 2 is 2.04 bits per heavy atom. The summed E-state index contributed by atoms with van der Waals surface area (Å²) in [6.45, 7) is 2.63. The van der Waals surface area contributed by atoms with Gasteiger partial charge in [0.05, 0.1) is 5.56 Å². The number of benzene rings is 1. The van der Waals surface area contributed by atoms with Crippen molar-refractivity contribution in [2.45, 2.75) is 11.8 Å². The van der Waals surface area contributed by atoms with E-state index in [-0.39, 0.29) is 5.56 Å². The van der Waals surface area contributed by atoms with Gasteiger partial charge in [0, 0.05) is 22.8 Å². The Kier molecular flexibility index (Phi) is 7.03. The van der Waals surface area contributed by atoms with Crippen LogP contribution >= 0.6 is 11.9 Å². The first kappa shape index (κ1) is 19.0. The number of halogens is 1. The van der Waals surface area contributed by atoms with Crippen LogP contribution in [0.3, 0.4) is 0 Å². The van der Waals surface area contributed by atoms with Gasteiger partial charge >= 0.3 is 0 Å². The smallest absolute Gasteiger partial charge is 0.258 e. The molecule has 0 atom stereocenters. The summed E-state index contributed by atoms with van der Waals surface area (Å²) in [6, 6.07) is 4.53. The fraction of sp³-hybridized carbons (Fsp3) is 0.211. The molecule has 0 aromatic heterocycles. The van der Waals surface area contributed by atoms with Crippen LogP contribution < -0.4 is 10.6 Å². The lowest BCUT2D eigenvalue weighted by Gasteiger charge is -2.11. The molecule has 6 heteroatoms. The molecule has 4 nitrogen and oxygen atoms in total. The Balaban J connectivity index is 2.19. The number of carbonyl (C=O) groups excluding carboxylic acids is 1. The van der Waals surface area contributed by atoms with Gasteiger partial charge in [0.1, 0.15) is 5.82 Å². The highest BCUT2D eigenvalue weighted by Crippen LogP contribution is 2.22. The topological polar surface area (TPSA) is 44.4 Å². The average Bonchev–Trinajstić information content (AvgIpc) is 2.56. The molecule has 0 fully saturated rings. The summed E-state index contributed by atoms with van der Waals surface area (Å²) >= 11 is 1.43. The van der Waals surface area contributed by atoms with E-state index in [1.165, 1.54) is 18.0 Å². The predicted octanol–water partition coefficient (Wildman–Crippen LogP) is 3.63. The molecule has 132 valence electrons. The van der Waals surface area contributed by atoms with Crippen molar-refractivity contribution in [3.8, 4) is 0 Å². The zero-order valence-electron chi connectivity index (χ0n) is 14.5. The number of nitrogens with one attached hydrogen (secondary N) is 2. The molecule has 0 spiro atoms. The van der Waals surface area contributed by atoms with Gasteiger partial charge in [-0.25, -0.2) is 4.39 Å². The highest BCUT2D eigenvalue weighted by molar-refractivity contribution is 7.97. The largest absolute Gasteiger partial charge is 0.385 e. The highest BCUT2D eigenvalue weighted by Gasteiger charge is 2.13. The molecule has 0 aliphatic carbocycles. The van der Waals surface area contributed by atoms with E-state index >= 15 is 0 Å². The summed E-state index contributed by atoms with van der Waals surface area (Å²) in [4.78, 5) is 13.3. The van der Waals surface area contributed by atoms with Crippen molar-refractivity contribution in [2.24, 2.45) is 0 Å². The van der Waals surface area contributed by atoms with Crippen LogP contribution in [0, 0.1) is 5.82 Å². The van der Waals surface area contributed by atoms with Gasteiger partial charge in [0.15, 0.2) is 0 Å². The quantitative estimate of drug-likeness (QED) is 0.806. The van der Waals surface area contributed by atoms with Crippen LogP contribution in [-0.2, 0) is 0 Å². The second-order valence-corrected chi connectivity index (χ2v) is 7.02. The maximum atomic E-state index is 14.1. The van der Waals surface area contributed by atoms with E-state index in [9.17, 15) is 9.18 Å². The average molecular weight is 359 g/mol. The first-order chi connectivity index (χ1) is 12.0. The summed E-state index contributed by atoms with van der Waals surface area (Å²) in [5, 5.41) is 5.96. The fourth-order valence-corrected chi connectivity index (χ4v) is 2.83. The van der Waals surface area contributed by atoms with Gasteiger partial charge in [0.2, 0.25) is 0 Å². The Morgan fingerprint density at radius 3 is 2.80 bits per heavy atom. The zero-order valence-corrected chi connectivity index (χ0v) is 15.4. The van der Waals surface area contributed by atoms with Crippen LogP contribution in [0.25, 0.3) is 0 Å². The van der Waals surface area contributed by atoms with E-state index in [2.05, 4.69) is 10.6 Å². The van der Waals surface area contributed by atoms with Gasteiger partial charge < -0.3 is 10.6 Å². The Labute approximate surface area is 152 Å². The Hall–Kier alpha value is -2.31. The molecular weight excluding hydrogens is 337 g/mol. The van der Waals surface area contributed by atoms with Gasteiger partial charge in [-0.2, -0.15) is 0 Å². The molecule has 1 aliphatic rings. The van der Waals surface area contributed by atoms with Crippen LogP contribution in [0.15, 0.2) is 70.9 Å². The minimum atomic E-state index is -0.541. The first-order valence-electron chi connectivity index (χ1n) is 7.87. The standard InChI is InChI=1S/C19H22FN3OS/c1-14-7-4-5-8-15(9-6-12-21-14)22-19(24)17-13-16(25-23(2)3)10-11-18(17)20/h4-11,13,21H,12H2,1-3H3,(H,22,24)/b5-4+,9-6-,14-7-,15-8+. The fourth-order valence-electron chi connectivity index (χ4n) is 2.11. The lowest BCUT2D eigenvalue weighted by Crippen LogP contribution is -2.23. The second kappa shape index (κ2) is 9.25. The number of nitrogens with zero attached hydrogens (tertiary/aromatic N) is 1. The molecule has 0 bridgehead atoms. The number of amides is 1. The summed E-state index contributed by atoms with van der Waals surface area (Å²) in [5.41, 5.74) is 1.68. The van der Waals surface area contributed by atoms with E-state index in [0.29, 0.717) is 12.2 Å². The van der Waals surface area contributed by atoms with E-state index in [1.807, 2.05) is 49.6 Å². The van der Waals surface area contributed by atoms with Crippen molar-refractivity contribution < 1.29 is 9.18 Å². The van der Waals surface area contributed by atoms with Crippen molar-refractivity contribution in [1.82, 2.24) is 14.9 Å². The predicted molar refractivity (Wildman–Crippen MR) is 102 cm³/mol. The first-order valence-corrected chi connectivity index (χ1v) is 8.65. The summed E-state index contributed by atoms with van der Waals surface area (Å²) in [6.07, 6.45) is 11.1. The Morgan fingerprint density at radius 1 is 1.28 bits per heavy atom. The third-order valence-corrected chi connectivity index (χ3v) is 4.09. The van der Waals surface area contributed by atoms with Gasteiger partial charge in [0.25, 0.3) is 5.91 Å². The minimum absolute atomic E-state index is 0.0242. The van der Waals surface area contributed by atoms with Crippen molar-refractivity contribution in [2.75, 3.05) is 20.6 Å². The van der Waals surface area contributed by atoms with Gasteiger partial charge in [-0.1, -0.05) is 18.2 Å². The van der Waals surface area contributed by atoms with Crippen LogP contribution in [0.5, 0.6) is 0 Å². The zero-order chi connectivity index (χ0) is 18.2. The van der Waals surface area contributed by atoms with Gasteiger partial charge in [-0.15, -0.1) is 0 Å². The SMILES string of the molecule is C/C1=C/C=C/C=C(NC(=O)c2cc(SN(C)C)ccc2F)\C=C/CN1. The molecule has 25 heavy (non-hydrogen) atoms. The van der Waals surface area contributed by atoms with E-state index in [1.54, 1.807) is 24.3 Å². The van der Waals surface area contributed by atoms with Crippen molar-refractivity contribution in [3.05, 3.63) is 77.4 Å². The third-order valence-electron chi connectivity index (χ3n) is 3.26. The molecule has 1 aromatic rings. The lowest BCUT2D eigenvalue weighted by molar-refractivity contribution is 0.0963. The van der Waals surface area contributed by atoms with Gasteiger partial charge in [-0.3, -0.25) is 9.10 Å². The molecule has 1 amide bonds. The molecular formula is C19H22FN3OS. The van der Waals surface area contributed by atoms with Crippen molar-refractivity contribution >= 4 is 17.9 Å². The molecule has 2 rings (SSSR count). The van der Waals surface area contributed by atoms with Crippen molar-refractivity contribution in [1.29, 1.82) is 0 Å². The molecule has 2 N–H and O–H groups in total. The summed E-state index contributed by atoms with van der Waals surface area (Å²) in [5.74, 6) is -1.01. The molecule has 0 saturated heterocycles. The number of hydrogen-bond donors (Lipinski definition) is 2. The summed E-state index contributed by atoms with van der Waals surface area (Å²) in [7, 11) is 3.78. The highest BCUT2D eigenvalue weighted by atomic mass is 32.2. The van der Waals surface area contributed by atoms with Crippen LogP contribution in [-0.4, -0.2) is 30.9 Å². The van der Waals surface area contributed by atoms with E-state index in [0.717, 1.165) is 10.6 Å². The molecule has 0 unspecified atom stereocenters. The van der Waals surface area contributed by atoms with Crippen LogP contribution in [0.4, 0.5) is 4.39 Å². The maximum absolute atomic E-state index is 14.1. The van der Waals surface area contributed by atoms with Crippen molar-refractivity contribution in [3.63, 3.8) is 0 Å². The number of rotatable bonds is 4. The molecule has 0 radical (unpaired) electrons. The number of allylic oxidation sites excluding steroid dienone is 6. The Bertz CT molecular complexity index is 751. The minimum Gasteiger partial charge on any atom is -0.385 e. The molecule has 0 saturated carbocycles. The monoisotopic (exact) mass is 359 g/mol. The third kappa shape index (κ3) is 6.25. The van der Waals surface area contributed by atoms with Gasteiger partial charge in [-0.05, 0) is 69.4 Å². The van der Waals surface area contributed by atoms with E-state index in [4.69, 9.17) is 0 Å².